The first kappa shape index (κ1) is 17.8. The number of hydrogen-bond acceptors (Lipinski definition) is 4. The molecule has 1 amide bonds. The number of nitrogens with one attached hydrogen (secondary N) is 2. The molecule has 0 fully saturated rings. The van der Waals surface area contributed by atoms with E-state index in [0.717, 1.165) is 5.56 Å². The smallest absolute Gasteiger partial charge is 0.276 e. The lowest BCUT2D eigenvalue weighted by molar-refractivity contribution is -0.121. The Morgan fingerprint density at radius 1 is 1.29 bits per heavy atom. The van der Waals surface area contributed by atoms with Gasteiger partial charge in [0.2, 0.25) is 5.91 Å². The topological polar surface area (TPSA) is 92.2 Å². The van der Waals surface area contributed by atoms with Crippen LogP contribution in [0.5, 0.6) is 0 Å². The van der Waals surface area contributed by atoms with Crippen molar-refractivity contribution in [1.82, 2.24) is 24.9 Å². The summed E-state index contributed by atoms with van der Waals surface area (Å²) in [6, 6.07) is 8.26. The summed E-state index contributed by atoms with van der Waals surface area (Å²) in [5.41, 5.74) is 2.25. The van der Waals surface area contributed by atoms with Gasteiger partial charge in [-0.15, -0.1) is 0 Å². The first-order chi connectivity index (χ1) is 13.5. The SMILES string of the molecule is Cc1nc2c3c(F)cccc3[nH]n2c(=O)c1CCC(=O)NCc1cccnc1. The van der Waals surface area contributed by atoms with Crippen molar-refractivity contribution in [1.29, 1.82) is 0 Å². The lowest BCUT2D eigenvalue weighted by Gasteiger charge is -2.07. The third-order valence-corrected chi connectivity index (χ3v) is 4.67. The first-order valence-electron chi connectivity index (χ1n) is 8.88. The Bertz CT molecular complexity index is 1230. The molecule has 2 N–H and O–H groups in total. The van der Waals surface area contributed by atoms with Crippen LogP contribution < -0.4 is 10.9 Å². The van der Waals surface area contributed by atoms with Gasteiger partial charge in [0.15, 0.2) is 5.65 Å². The van der Waals surface area contributed by atoms with Crippen molar-refractivity contribution in [2.45, 2.75) is 26.3 Å². The van der Waals surface area contributed by atoms with Crippen LogP contribution in [0.15, 0.2) is 47.5 Å². The molecule has 3 heterocycles. The maximum absolute atomic E-state index is 14.2. The number of nitrogens with zero attached hydrogens (tertiary/aromatic N) is 3. The number of halogens is 1. The minimum absolute atomic E-state index is 0.151. The predicted octanol–water partition coefficient (Wildman–Crippen LogP) is 2.27. The van der Waals surface area contributed by atoms with Gasteiger partial charge in [0.25, 0.3) is 5.56 Å². The minimum atomic E-state index is -0.440. The second-order valence-corrected chi connectivity index (χ2v) is 6.55. The second kappa shape index (κ2) is 7.22. The Morgan fingerprint density at radius 2 is 2.14 bits per heavy atom. The molecule has 0 unspecified atom stereocenters. The molecule has 8 heteroatoms. The summed E-state index contributed by atoms with van der Waals surface area (Å²) in [6.45, 7) is 2.08. The molecule has 28 heavy (non-hydrogen) atoms. The maximum atomic E-state index is 14.2. The number of pyridine rings is 1. The van der Waals surface area contributed by atoms with E-state index in [1.807, 2.05) is 6.07 Å². The minimum Gasteiger partial charge on any atom is -0.352 e. The number of aromatic nitrogens is 4. The second-order valence-electron chi connectivity index (χ2n) is 6.55. The van der Waals surface area contributed by atoms with E-state index in [4.69, 9.17) is 0 Å². The lowest BCUT2D eigenvalue weighted by Crippen LogP contribution is -2.26. The number of aromatic amines is 1. The van der Waals surface area contributed by atoms with E-state index in [-0.39, 0.29) is 35.3 Å². The Hall–Kier alpha value is -3.55. The highest BCUT2D eigenvalue weighted by Gasteiger charge is 2.16. The highest BCUT2D eigenvalue weighted by molar-refractivity contribution is 5.92. The van der Waals surface area contributed by atoms with E-state index < -0.39 is 5.82 Å². The molecule has 7 nitrogen and oxygen atoms in total. The van der Waals surface area contributed by atoms with E-state index >= 15 is 0 Å². The van der Waals surface area contributed by atoms with Crippen LogP contribution in [-0.2, 0) is 17.8 Å². The zero-order chi connectivity index (χ0) is 19.7. The molecule has 4 aromatic rings. The highest BCUT2D eigenvalue weighted by atomic mass is 19.1. The standard InChI is InChI=1S/C20H18FN5O2/c1-12-14(7-8-17(27)23-11-13-4-3-9-22-10-13)20(28)26-19(24-12)18-15(21)5-2-6-16(18)25-26/h2-6,9-10,25H,7-8,11H2,1H3,(H,23,27). The Morgan fingerprint density at radius 3 is 2.93 bits per heavy atom. The maximum Gasteiger partial charge on any atom is 0.276 e. The summed E-state index contributed by atoms with van der Waals surface area (Å²) < 4.78 is 15.4. The number of carbonyl (C=O) groups excluding carboxylic acids is 1. The molecule has 0 saturated carbocycles. The molecule has 0 radical (unpaired) electrons. The molecule has 142 valence electrons. The molecule has 1 aromatic carbocycles. The summed E-state index contributed by atoms with van der Waals surface area (Å²) >= 11 is 0. The van der Waals surface area contributed by atoms with Gasteiger partial charge in [-0.25, -0.2) is 13.9 Å². The molecule has 0 saturated heterocycles. The quantitative estimate of drug-likeness (QED) is 0.556. The van der Waals surface area contributed by atoms with Crippen LogP contribution in [0.4, 0.5) is 4.39 Å². The van der Waals surface area contributed by atoms with Crippen LogP contribution in [0.2, 0.25) is 0 Å². The third-order valence-electron chi connectivity index (χ3n) is 4.67. The van der Waals surface area contributed by atoms with Crippen molar-refractivity contribution >= 4 is 22.5 Å². The largest absolute Gasteiger partial charge is 0.352 e. The van der Waals surface area contributed by atoms with Crippen LogP contribution in [0.1, 0.15) is 23.2 Å². The van der Waals surface area contributed by atoms with Crippen LogP contribution in [0.25, 0.3) is 16.6 Å². The summed E-state index contributed by atoms with van der Waals surface area (Å²) in [7, 11) is 0. The normalized spacial score (nSPS) is 11.2. The summed E-state index contributed by atoms with van der Waals surface area (Å²) in [5, 5.41) is 5.97. The van der Waals surface area contributed by atoms with E-state index in [2.05, 4.69) is 20.4 Å². The van der Waals surface area contributed by atoms with E-state index in [9.17, 15) is 14.0 Å². The molecule has 0 aliphatic heterocycles. The number of H-pyrrole nitrogens is 1. The van der Waals surface area contributed by atoms with E-state index in [1.165, 1.54) is 10.6 Å². The average Bonchev–Trinajstić information content (AvgIpc) is 3.07. The lowest BCUT2D eigenvalue weighted by atomic mass is 10.1. The fraction of sp³-hybridized carbons (Fsp3) is 0.200. The number of fused-ring (bicyclic) bond motifs is 3. The first-order valence-corrected chi connectivity index (χ1v) is 8.88. The molecule has 0 spiro atoms. The zero-order valence-corrected chi connectivity index (χ0v) is 15.2. The summed E-state index contributed by atoms with van der Waals surface area (Å²) in [6.07, 6.45) is 3.75. The van der Waals surface area contributed by atoms with Gasteiger partial charge < -0.3 is 5.32 Å². The van der Waals surface area contributed by atoms with Crippen LogP contribution in [-0.4, -0.2) is 25.5 Å². The predicted molar refractivity (Wildman–Crippen MR) is 102 cm³/mol. The van der Waals surface area contributed by atoms with Gasteiger partial charge in [-0.3, -0.25) is 19.7 Å². The fourth-order valence-corrected chi connectivity index (χ4v) is 3.22. The molecule has 0 bridgehead atoms. The van der Waals surface area contributed by atoms with Gasteiger partial charge in [0.1, 0.15) is 5.82 Å². The van der Waals surface area contributed by atoms with Crippen molar-refractivity contribution in [3.05, 3.63) is 75.7 Å². The van der Waals surface area contributed by atoms with Gasteiger partial charge in [0.05, 0.1) is 10.9 Å². The fourth-order valence-electron chi connectivity index (χ4n) is 3.22. The Labute approximate surface area is 159 Å². The summed E-state index contributed by atoms with van der Waals surface area (Å²) in [5.74, 6) is -0.611. The average molecular weight is 379 g/mol. The molecular weight excluding hydrogens is 361 g/mol. The monoisotopic (exact) mass is 379 g/mol. The highest BCUT2D eigenvalue weighted by Crippen LogP contribution is 2.21. The van der Waals surface area contributed by atoms with Crippen molar-refractivity contribution in [3.8, 4) is 0 Å². The Kier molecular flexibility index (Phi) is 4.60. The molecule has 0 aliphatic carbocycles. The molecule has 3 aromatic heterocycles. The van der Waals surface area contributed by atoms with Crippen LogP contribution in [0, 0.1) is 12.7 Å². The van der Waals surface area contributed by atoms with Gasteiger partial charge in [-0.05, 0) is 37.1 Å². The van der Waals surface area contributed by atoms with Gasteiger partial charge in [-0.2, -0.15) is 0 Å². The molecule has 0 atom stereocenters. The zero-order valence-electron chi connectivity index (χ0n) is 15.2. The molecule has 0 aliphatic rings. The summed E-state index contributed by atoms with van der Waals surface area (Å²) in [4.78, 5) is 33.4. The van der Waals surface area contributed by atoms with Gasteiger partial charge in [-0.1, -0.05) is 12.1 Å². The van der Waals surface area contributed by atoms with E-state index in [1.54, 1.807) is 37.5 Å². The van der Waals surface area contributed by atoms with Crippen molar-refractivity contribution in [2.24, 2.45) is 0 Å². The number of aryl methyl sites for hydroxylation is 1. The van der Waals surface area contributed by atoms with Crippen molar-refractivity contribution < 1.29 is 9.18 Å². The van der Waals surface area contributed by atoms with Gasteiger partial charge >= 0.3 is 0 Å². The molecule has 4 rings (SSSR count). The number of hydrogen-bond donors (Lipinski definition) is 2. The number of benzene rings is 1. The van der Waals surface area contributed by atoms with Crippen molar-refractivity contribution in [3.63, 3.8) is 0 Å². The van der Waals surface area contributed by atoms with E-state index in [0.29, 0.717) is 23.3 Å². The number of amides is 1. The van der Waals surface area contributed by atoms with Crippen LogP contribution >= 0.6 is 0 Å². The Balaban J connectivity index is 1.55. The number of carbonyl (C=O) groups is 1. The molecular formula is C20H18FN5O2. The number of rotatable bonds is 5. The third kappa shape index (κ3) is 3.24. The van der Waals surface area contributed by atoms with Crippen molar-refractivity contribution in [2.75, 3.05) is 0 Å². The van der Waals surface area contributed by atoms with Gasteiger partial charge in [0, 0.05) is 36.6 Å². The van der Waals surface area contributed by atoms with Crippen LogP contribution in [0.3, 0.4) is 0 Å².